The van der Waals surface area contributed by atoms with Crippen molar-refractivity contribution in [1.82, 2.24) is 9.88 Å². The van der Waals surface area contributed by atoms with Crippen molar-refractivity contribution in [1.29, 1.82) is 0 Å². The molecule has 0 aliphatic carbocycles. The second-order valence-electron chi connectivity index (χ2n) is 5.33. The van der Waals surface area contributed by atoms with E-state index in [1.165, 1.54) is 11.3 Å². The van der Waals surface area contributed by atoms with Gasteiger partial charge in [-0.15, -0.1) is 11.3 Å². The van der Waals surface area contributed by atoms with E-state index in [2.05, 4.69) is 9.88 Å². The molecule has 0 bridgehead atoms. The van der Waals surface area contributed by atoms with Gasteiger partial charge in [0, 0.05) is 18.7 Å². The Hall–Kier alpha value is -1.22. The summed E-state index contributed by atoms with van der Waals surface area (Å²) in [6.45, 7) is 4.79. The van der Waals surface area contributed by atoms with Gasteiger partial charge in [-0.3, -0.25) is 0 Å². The van der Waals surface area contributed by atoms with E-state index >= 15 is 0 Å². The van der Waals surface area contributed by atoms with Crippen molar-refractivity contribution < 1.29 is 17.7 Å². The zero-order valence-electron chi connectivity index (χ0n) is 12.5. The monoisotopic (exact) mass is 342 g/mol. The molecular weight excluding hydrogens is 324 g/mol. The Morgan fingerprint density at radius 3 is 2.86 bits per heavy atom. The molecule has 0 spiro atoms. The summed E-state index contributed by atoms with van der Waals surface area (Å²) in [7, 11) is -3.51. The maximum atomic E-state index is 12.3. The fourth-order valence-corrected chi connectivity index (χ4v) is 4.76. The van der Waals surface area contributed by atoms with Crippen molar-refractivity contribution in [3.8, 4) is 10.6 Å². The molecule has 0 aromatic carbocycles. The van der Waals surface area contributed by atoms with Crippen LogP contribution in [0, 0.1) is 13.8 Å². The summed E-state index contributed by atoms with van der Waals surface area (Å²) in [5.41, 5.74) is 1.74. The van der Waals surface area contributed by atoms with Crippen molar-refractivity contribution in [2.24, 2.45) is 0 Å². The first-order valence-corrected chi connectivity index (χ1v) is 9.41. The largest absolute Gasteiger partial charge is 0.377 e. The van der Waals surface area contributed by atoms with Gasteiger partial charge >= 0.3 is 0 Å². The summed E-state index contributed by atoms with van der Waals surface area (Å²) < 4.78 is 38.2. The number of aryl methyl sites for hydroxylation is 1. The van der Waals surface area contributed by atoms with Crippen LogP contribution in [-0.2, 0) is 14.8 Å². The van der Waals surface area contributed by atoms with Gasteiger partial charge in [-0.2, -0.15) is 0 Å². The summed E-state index contributed by atoms with van der Waals surface area (Å²) in [4.78, 5) is 0.760. The van der Waals surface area contributed by atoms with E-state index in [1.54, 1.807) is 12.1 Å². The van der Waals surface area contributed by atoms with E-state index in [0.29, 0.717) is 18.9 Å². The van der Waals surface area contributed by atoms with Crippen LogP contribution in [-0.4, -0.2) is 32.8 Å². The molecule has 22 heavy (non-hydrogen) atoms. The highest BCUT2D eigenvalue weighted by atomic mass is 32.2. The SMILES string of the molecule is Cc1noc(-c2ccc(S(=O)(=O)NC[C@H]3CCCO3)s2)c1C. The zero-order valence-corrected chi connectivity index (χ0v) is 14.1. The number of aromatic nitrogens is 1. The lowest BCUT2D eigenvalue weighted by Crippen LogP contribution is -2.31. The Morgan fingerprint density at radius 1 is 1.41 bits per heavy atom. The molecule has 0 saturated carbocycles. The normalized spacial score (nSPS) is 18.9. The third kappa shape index (κ3) is 3.10. The highest BCUT2D eigenvalue weighted by Gasteiger charge is 2.23. The van der Waals surface area contributed by atoms with Crippen molar-refractivity contribution in [2.75, 3.05) is 13.2 Å². The number of thiophene rings is 1. The van der Waals surface area contributed by atoms with E-state index in [0.717, 1.165) is 29.0 Å². The molecule has 2 aromatic rings. The highest BCUT2D eigenvalue weighted by Crippen LogP contribution is 2.33. The van der Waals surface area contributed by atoms with Crippen molar-refractivity contribution in [2.45, 2.75) is 37.0 Å². The molecule has 0 unspecified atom stereocenters. The van der Waals surface area contributed by atoms with E-state index in [4.69, 9.17) is 9.26 Å². The Bertz CT molecular complexity index is 758. The molecule has 1 aliphatic rings. The Balaban J connectivity index is 1.76. The summed E-state index contributed by atoms with van der Waals surface area (Å²) >= 11 is 1.18. The number of sulfonamides is 1. The Morgan fingerprint density at radius 2 is 2.23 bits per heavy atom. The van der Waals surface area contributed by atoms with E-state index < -0.39 is 10.0 Å². The van der Waals surface area contributed by atoms with Gasteiger partial charge in [0.25, 0.3) is 0 Å². The lowest BCUT2D eigenvalue weighted by atomic mass is 10.2. The number of hydrogen-bond acceptors (Lipinski definition) is 6. The van der Waals surface area contributed by atoms with Crippen LogP contribution in [0.1, 0.15) is 24.1 Å². The fraction of sp³-hybridized carbons (Fsp3) is 0.500. The first-order valence-electron chi connectivity index (χ1n) is 7.12. The van der Waals surface area contributed by atoms with Crippen LogP contribution in [0.15, 0.2) is 20.9 Å². The topological polar surface area (TPSA) is 81.4 Å². The number of nitrogens with one attached hydrogen (secondary N) is 1. The molecule has 1 aliphatic heterocycles. The summed E-state index contributed by atoms with van der Waals surface area (Å²) in [5.74, 6) is 0.628. The summed E-state index contributed by atoms with van der Waals surface area (Å²) in [5, 5.41) is 3.90. The lowest BCUT2D eigenvalue weighted by Gasteiger charge is -2.10. The van der Waals surface area contributed by atoms with Crippen LogP contribution in [0.4, 0.5) is 0 Å². The average Bonchev–Trinajstić information content (AvgIpc) is 3.20. The van der Waals surface area contributed by atoms with Gasteiger partial charge in [0.15, 0.2) is 5.76 Å². The smallest absolute Gasteiger partial charge is 0.250 e. The minimum absolute atomic E-state index is 0.0200. The maximum Gasteiger partial charge on any atom is 0.250 e. The van der Waals surface area contributed by atoms with Crippen molar-refractivity contribution in [3.63, 3.8) is 0 Å². The molecule has 1 fully saturated rings. The molecule has 6 nitrogen and oxygen atoms in total. The van der Waals surface area contributed by atoms with Gasteiger partial charge in [-0.1, -0.05) is 5.16 Å². The van der Waals surface area contributed by atoms with Gasteiger partial charge < -0.3 is 9.26 Å². The maximum absolute atomic E-state index is 12.3. The van der Waals surface area contributed by atoms with Gasteiger partial charge in [-0.25, -0.2) is 13.1 Å². The lowest BCUT2D eigenvalue weighted by molar-refractivity contribution is 0.114. The Kier molecular flexibility index (Phi) is 4.35. The fourth-order valence-electron chi connectivity index (χ4n) is 2.31. The number of rotatable bonds is 5. The van der Waals surface area contributed by atoms with Crippen LogP contribution < -0.4 is 4.72 Å². The van der Waals surface area contributed by atoms with Crippen LogP contribution in [0.25, 0.3) is 10.6 Å². The van der Waals surface area contributed by atoms with Gasteiger partial charge in [0.05, 0.1) is 16.7 Å². The first kappa shape index (κ1) is 15.7. The van der Waals surface area contributed by atoms with Gasteiger partial charge in [-0.05, 0) is 38.8 Å². The minimum Gasteiger partial charge on any atom is -0.377 e. The molecule has 1 saturated heterocycles. The van der Waals surface area contributed by atoms with Gasteiger partial charge in [0.1, 0.15) is 4.21 Å². The predicted molar refractivity (Wildman–Crippen MR) is 83.5 cm³/mol. The second-order valence-corrected chi connectivity index (χ2v) is 8.41. The molecule has 0 radical (unpaired) electrons. The van der Waals surface area contributed by atoms with E-state index in [9.17, 15) is 8.42 Å². The molecule has 120 valence electrons. The van der Waals surface area contributed by atoms with Crippen LogP contribution in [0.2, 0.25) is 0 Å². The average molecular weight is 342 g/mol. The third-order valence-electron chi connectivity index (χ3n) is 3.75. The van der Waals surface area contributed by atoms with Crippen molar-refractivity contribution in [3.05, 3.63) is 23.4 Å². The molecule has 3 heterocycles. The van der Waals surface area contributed by atoms with Crippen LogP contribution in [0.5, 0.6) is 0 Å². The number of hydrogen-bond donors (Lipinski definition) is 1. The summed E-state index contributed by atoms with van der Waals surface area (Å²) in [6.07, 6.45) is 1.86. The van der Waals surface area contributed by atoms with Crippen LogP contribution in [0.3, 0.4) is 0 Å². The third-order valence-corrected chi connectivity index (χ3v) is 6.75. The molecule has 3 rings (SSSR count). The second kappa shape index (κ2) is 6.11. The van der Waals surface area contributed by atoms with Crippen molar-refractivity contribution >= 4 is 21.4 Å². The van der Waals surface area contributed by atoms with E-state index in [-0.39, 0.29) is 10.3 Å². The number of ether oxygens (including phenoxy) is 1. The van der Waals surface area contributed by atoms with Gasteiger partial charge in [0.2, 0.25) is 10.0 Å². The quantitative estimate of drug-likeness (QED) is 0.903. The molecule has 8 heteroatoms. The van der Waals surface area contributed by atoms with Crippen LogP contribution >= 0.6 is 11.3 Å². The minimum atomic E-state index is -3.51. The molecule has 2 aromatic heterocycles. The Labute approximate surface area is 133 Å². The summed E-state index contributed by atoms with van der Waals surface area (Å²) in [6, 6.07) is 3.34. The van der Waals surface area contributed by atoms with E-state index in [1.807, 2.05) is 13.8 Å². The molecule has 1 atom stereocenters. The molecular formula is C14H18N2O4S2. The number of nitrogens with zero attached hydrogens (tertiary/aromatic N) is 1. The molecule has 1 N–H and O–H groups in total. The standard InChI is InChI=1S/C14H18N2O4S2/c1-9-10(2)16-20-14(9)12-5-6-13(21-12)22(17,18)15-8-11-4-3-7-19-11/h5-6,11,15H,3-4,7-8H2,1-2H3/t11-/m1/s1. The molecule has 0 amide bonds. The zero-order chi connectivity index (χ0) is 15.7. The predicted octanol–water partition coefficient (Wildman–Crippen LogP) is 2.48. The first-order chi connectivity index (χ1) is 10.5. The highest BCUT2D eigenvalue weighted by molar-refractivity contribution is 7.91.